The first-order valence-electron chi connectivity index (χ1n) is 4.26. The third-order valence-corrected chi connectivity index (χ3v) is 3.05. The molecule has 0 aromatic heterocycles. The minimum atomic E-state index is 0.125. The molecule has 1 heterocycles. The molecule has 0 saturated carbocycles. The van der Waals surface area contributed by atoms with Crippen LogP contribution in [-0.4, -0.2) is 20.1 Å². The van der Waals surface area contributed by atoms with E-state index in [0.717, 1.165) is 21.5 Å². The average molecular weight is 256 g/mol. The van der Waals surface area contributed by atoms with E-state index >= 15 is 0 Å². The molecule has 74 valence electrons. The monoisotopic (exact) mass is 255 g/mol. The smallest absolute Gasteiger partial charge is 0.231 e. The largest absolute Gasteiger partial charge is 0.495 e. The van der Waals surface area contributed by atoms with Crippen LogP contribution in [0.15, 0.2) is 16.6 Å². The average Bonchev–Trinajstić information content (AvgIpc) is 2.41. The fraction of sp³-hybridized carbons (Fsp3) is 0.300. The van der Waals surface area contributed by atoms with Gasteiger partial charge in [0.15, 0.2) is 0 Å². The van der Waals surface area contributed by atoms with E-state index in [1.807, 2.05) is 12.1 Å². The van der Waals surface area contributed by atoms with Crippen LogP contribution in [0.5, 0.6) is 5.75 Å². The van der Waals surface area contributed by atoms with Crippen molar-refractivity contribution in [2.45, 2.75) is 6.42 Å². The highest BCUT2D eigenvalue weighted by molar-refractivity contribution is 9.10. The summed E-state index contributed by atoms with van der Waals surface area (Å²) in [6.07, 6.45) is 0.481. The number of hydrogen-bond acceptors (Lipinski definition) is 2. The minimum absolute atomic E-state index is 0.125. The van der Waals surface area contributed by atoms with E-state index in [1.165, 1.54) is 0 Å². The highest BCUT2D eigenvalue weighted by Crippen LogP contribution is 2.36. The number of ether oxygens (including phenoxy) is 1. The van der Waals surface area contributed by atoms with Gasteiger partial charge in [0.05, 0.1) is 23.7 Å². The third kappa shape index (κ3) is 1.30. The normalized spacial score (nSPS) is 14.5. The van der Waals surface area contributed by atoms with Gasteiger partial charge in [-0.25, -0.2) is 0 Å². The molecule has 0 radical (unpaired) electrons. The molecular formula is C10H10BrNO2. The lowest BCUT2D eigenvalue weighted by atomic mass is 10.1. The van der Waals surface area contributed by atoms with Gasteiger partial charge in [0.1, 0.15) is 5.75 Å². The summed E-state index contributed by atoms with van der Waals surface area (Å²) in [6.45, 7) is 0. The molecule has 14 heavy (non-hydrogen) atoms. The number of fused-ring (bicyclic) bond motifs is 1. The van der Waals surface area contributed by atoms with Gasteiger partial charge in [0, 0.05) is 13.1 Å². The first-order valence-corrected chi connectivity index (χ1v) is 5.05. The summed E-state index contributed by atoms with van der Waals surface area (Å²) >= 11 is 3.40. The van der Waals surface area contributed by atoms with Crippen molar-refractivity contribution in [2.75, 3.05) is 19.1 Å². The summed E-state index contributed by atoms with van der Waals surface area (Å²) in [7, 11) is 3.39. The van der Waals surface area contributed by atoms with Crippen LogP contribution in [0.4, 0.5) is 5.69 Å². The Labute approximate surface area is 90.8 Å². The maximum Gasteiger partial charge on any atom is 0.231 e. The molecule has 0 aliphatic carbocycles. The highest BCUT2D eigenvalue weighted by Gasteiger charge is 2.25. The molecule has 1 aromatic rings. The van der Waals surface area contributed by atoms with E-state index in [2.05, 4.69) is 15.9 Å². The number of benzene rings is 1. The van der Waals surface area contributed by atoms with Crippen LogP contribution in [0.1, 0.15) is 5.56 Å². The SMILES string of the molecule is COc1cc2c(cc1Br)CC(=O)N2C. The number of methoxy groups -OCH3 is 1. The zero-order chi connectivity index (χ0) is 10.3. The molecule has 1 aliphatic heterocycles. The van der Waals surface area contributed by atoms with Gasteiger partial charge in [-0.1, -0.05) is 0 Å². The van der Waals surface area contributed by atoms with Crippen molar-refractivity contribution in [1.29, 1.82) is 0 Å². The molecule has 0 saturated heterocycles. The van der Waals surface area contributed by atoms with Crippen LogP contribution in [0.2, 0.25) is 0 Å². The van der Waals surface area contributed by atoms with E-state index in [4.69, 9.17) is 4.74 Å². The van der Waals surface area contributed by atoms with E-state index in [0.29, 0.717) is 6.42 Å². The van der Waals surface area contributed by atoms with Crippen molar-refractivity contribution in [3.8, 4) is 5.75 Å². The fourth-order valence-corrected chi connectivity index (χ4v) is 2.16. The minimum Gasteiger partial charge on any atom is -0.495 e. The predicted molar refractivity (Wildman–Crippen MR) is 57.8 cm³/mol. The predicted octanol–water partition coefficient (Wildman–Crippen LogP) is 1.98. The van der Waals surface area contributed by atoms with Crippen LogP contribution in [0, 0.1) is 0 Å². The topological polar surface area (TPSA) is 29.5 Å². The van der Waals surface area contributed by atoms with E-state index < -0.39 is 0 Å². The van der Waals surface area contributed by atoms with Gasteiger partial charge in [-0.2, -0.15) is 0 Å². The zero-order valence-corrected chi connectivity index (χ0v) is 9.59. The first-order chi connectivity index (χ1) is 6.63. The number of carbonyl (C=O) groups is 1. The Morgan fingerprint density at radius 1 is 1.50 bits per heavy atom. The van der Waals surface area contributed by atoms with Gasteiger partial charge in [0.25, 0.3) is 0 Å². The van der Waals surface area contributed by atoms with Crippen LogP contribution < -0.4 is 9.64 Å². The molecular weight excluding hydrogens is 246 g/mol. The Hall–Kier alpha value is -1.03. The van der Waals surface area contributed by atoms with Crippen molar-refractivity contribution < 1.29 is 9.53 Å². The summed E-state index contributed by atoms with van der Waals surface area (Å²) < 4.78 is 6.06. The van der Waals surface area contributed by atoms with Crippen molar-refractivity contribution in [1.82, 2.24) is 0 Å². The zero-order valence-electron chi connectivity index (χ0n) is 8.00. The second kappa shape index (κ2) is 3.28. The summed E-state index contributed by atoms with van der Waals surface area (Å²) in [5.41, 5.74) is 1.99. The van der Waals surface area contributed by atoms with Crippen molar-refractivity contribution in [3.63, 3.8) is 0 Å². The van der Waals surface area contributed by atoms with Crippen LogP contribution >= 0.6 is 15.9 Å². The van der Waals surface area contributed by atoms with Gasteiger partial charge >= 0.3 is 0 Å². The van der Waals surface area contributed by atoms with E-state index in [1.54, 1.807) is 19.1 Å². The van der Waals surface area contributed by atoms with Gasteiger partial charge in [-0.3, -0.25) is 4.79 Å². The van der Waals surface area contributed by atoms with E-state index in [-0.39, 0.29) is 5.91 Å². The molecule has 0 spiro atoms. The first kappa shape index (κ1) is 9.52. The van der Waals surface area contributed by atoms with Gasteiger partial charge < -0.3 is 9.64 Å². The third-order valence-electron chi connectivity index (χ3n) is 2.43. The molecule has 0 bridgehead atoms. The Morgan fingerprint density at radius 2 is 2.21 bits per heavy atom. The van der Waals surface area contributed by atoms with Crippen LogP contribution in [0.3, 0.4) is 0 Å². The summed E-state index contributed by atoms with van der Waals surface area (Å²) in [5.74, 6) is 0.880. The molecule has 0 atom stereocenters. The molecule has 1 aliphatic rings. The number of likely N-dealkylation sites (N-methyl/N-ethyl adjacent to an activating group) is 1. The van der Waals surface area contributed by atoms with E-state index in [9.17, 15) is 4.79 Å². The molecule has 0 unspecified atom stereocenters. The quantitative estimate of drug-likeness (QED) is 0.768. The maximum absolute atomic E-state index is 11.4. The van der Waals surface area contributed by atoms with Crippen molar-refractivity contribution in [3.05, 3.63) is 22.2 Å². The number of carbonyl (C=O) groups excluding carboxylic acids is 1. The standard InChI is InChI=1S/C10H10BrNO2/c1-12-8-5-9(14-2)7(11)3-6(8)4-10(12)13/h3,5H,4H2,1-2H3. The number of rotatable bonds is 1. The Kier molecular flexibility index (Phi) is 2.23. The molecule has 1 amide bonds. The maximum atomic E-state index is 11.4. The van der Waals surface area contributed by atoms with Gasteiger partial charge in [-0.15, -0.1) is 0 Å². The molecule has 0 N–H and O–H groups in total. The van der Waals surface area contributed by atoms with Crippen LogP contribution in [-0.2, 0) is 11.2 Å². The van der Waals surface area contributed by atoms with Crippen LogP contribution in [0.25, 0.3) is 0 Å². The number of anilines is 1. The summed E-state index contributed by atoms with van der Waals surface area (Å²) in [6, 6.07) is 3.82. The van der Waals surface area contributed by atoms with Gasteiger partial charge in [-0.05, 0) is 27.6 Å². The Bertz CT molecular complexity index is 403. The second-order valence-electron chi connectivity index (χ2n) is 3.24. The lowest BCUT2D eigenvalue weighted by Gasteiger charge is -2.12. The number of nitrogens with zero attached hydrogens (tertiary/aromatic N) is 1. The van der Waals surface area contributed by atoms with Crippen molar-refractivity contribution in [2.24, 2.45) is 0 Å². The second-order valence-corrected chi connectivity index (χ2v) is 4.10. The van der Waals surface area contributed by atoms with Crippen molar-refractivity contribution >= 4 is 27.5 Å². The Morgan fingerprint density at radius 3 is 2.86 bits per heavy atom. The summed E-state index contributed by atoms with van der Waals surface area (Å²) in [4.78, 5) is 13.1. The number of hydrogen-bond donors (Lipinski definition) is 0. The number of halogens is 1. The van der Waals surface area contributed by atoms with Gasteiger partial charge in [0.2, 0.25) is 5.91 Å². The lowest BCUT2D eigenvalue weighted by molar-refractivity contribution is -0.117. The molecule has 1 aromatic carbocycles. The summed E-state index contributed by atoms with van der Waals surface area (Å²) in [5, 5.41) is 0. The number of amides is 1. The lowest BCUT2D eigenvalue weighted by Crippen LogP contribution is -2.20. The molecule has 2 rings (SSSR count). The molecule has 4 heteroatoms. The molecule has 3 nitrogen and oxygen atoms in total. The Balaban J connectivity index is 2.55. The molecule has 0 fully saturated rings. The highest BCUT2D eigenvalue weighted by atomic mass is 79.9. The fourth-order valence-electron chi connectivity index (χ4n) is 1.61.